The summed E-state index contributed by atoms with van der Waals surface area (Å²) < 4.78 is 2.66. The van der Waals surface area contributed by atoms with Crippen molar-refractivity contribution in [2.75, 3.05) is 0 Å². The maximum Gasteiger partial charge on any atom is 0.0565 e. The number of aromatic amines is 1. The first kappa shape index (κ1) is 13.6. The molecule has 3 aromatic carbocycles. The maximum atomic E-state index is 4.03. The van der Waals surface area contributed by atoms with Gasteiger partial charge in [0.15, 0.2) is 0 Å². The molecule has 24 heavy (non-hydrogen) atoms. The molecule has 0 aliphatic rings. The van der Waals surface area contributed by atoms with E-state index >= 15 is 0 Å². The van der Waals surface area contributed by atoms with Crippen LogP contribution in [0.5, 0.6) is 0 Å². The molecule has 0 saturated carbocycles. The summed E-state index contributed by atoms with van der Waals surface area (Å²) in [5.74, 6) is 0. The molecule has 0 aliphatic carbocycles. The number of H-pyrrole nitrogens is 1. The van der Waals surface area contributed by atoms with Crippen LogP contribution in [-0.4, -0.2) is 4.98 Å². The second-order valence-corrected chi connectivity index (χ2v) is 7.01. The highest BCUT2D eigenvalue weighted by Crippen LogP contribution is 2.45. The molecule has 1 N–H and O–H groups in total. The van der Waals surface area contributed by atoms with Crippen molar-refractivity contribution in [3.63, 3.8) is 0 Å². The molecule has 0 bridgehead atoms. The standard InChI is InChI=1S/C22H15NS/c1-3-13-17(4-2)23-21-19(13)14-9-5-6-10-15(14)22-20(21)16-11-7-8-12-18(16)24-22/h3-12,23H,1-2H2. The van der Waals surface area contributed by atoms with Gasteiger partial charge in [-0.1, -0.05) is 61.7 Å². The third-order valence-corrected chi connectivity index (χ3v) is 5.97. The Morgan fingerprint density at radius 2 is 1.50 bits per heavy atom. The predicted octanol–water partition coefficient (Wildman–Crippen LogP) is 6.98. The first-order valence-corrected chi connectivity index (χ1v) is 8.77. The molecule has 0 aliphatic heterocycles. The van der Waals surface area contributed by atoms with E-state index in [4.69, 9.17) is 0 Å². The first-order valence-electron chi connectivity index (χ1n) is 7.96. The van der Waals surface area contributed by atoms with Crippen molar-refractivity contribution in [3.05, 3.63) is 72.9 Å². The van der Waals surface area contributed by atoms with Gasteiger partial charge in [0.05, 0.1) is 5.52 Å². The highest BCUT2D eigenvalue weighted by atomic mass is 32.1. The number of aromatic nitrogens is 1. The van der Waals surface area contributed by atoms with Crippen LogP contribution in [0.3, 0.4) is 0 Å². The molecule has 114 valence electrons. The van der Waals surface area contributed by atoms with Crippen LogP contribution in [0.4, 0.5) is 0 Å². The highest BCUT2D eigenvalue weighted by molar-refractivity contribution is 7.27. The summed E-state index contributed by atoms with van der Waals surface area (Å²) in [5.41, 5.74) is 3.35. The summed E-state index contributed by atoms with van der Waals surface area (Å²) in [6, 6.07) is 17.3. The number of benzene rings is 3. The average molecular weight is 325 g/mol. The van der Waals surface area contributed by atoms with E-state index in [1.54, 1.807) is 0 Å². The number of rotatable bonds is 2. The van der Waals surface area contributed by atoms with Gasteiger partial charge < -0.3 is 4.98 Å². The number of nitrogens with one attached hydrogen (secondary N) is 1. The summed E-state index contributed by atoms with van der Waals surface area (Å²) >= 11 is 1.86. The van der Waals surface area contributed by atoms with Gasteiger partial charge in [-0.3, -0.25) is 0 Å². The Morgan fingerprint density at radius 3 is 2.25 bits per heavy atom. The van der Waals surface area contributed by atoms with Crippen LogP contribution in [0.1, 0.15) is 11.3 Å². The van der Waals surface area contributed by atoms with Gasteiger partial charge >= 0.3 is 0 Å². The van der Waals surface area contributed by atoms with Crippen LogP contribution < -0.4 is 0 Å². The van der Waals surface area contributed by atoms with E-state index < -0.39 is 0 Å². The van der Waals surface area contributed by atoms with Gasteiger partial charge in [0.25, 0.3) is 0 Å². The van der Waals surface area contributed by atoms with Crippen LogP contribution in [0.25, 0.3) is 54.0 Å². The van der Waals surface area contributed by atoms with Gasteiger partial charge in [0.2, 0.25) is 0 Å². The molecule has 2 aromatic heterocycles. The normalized spacial score (nSPS) is 11.7. The second-order valence-electron chi connectivity index (χ2n) is 5.96. The van der Waals surface area contributed by atoms with Crippen LogP contribution in [0.2, 0.25) is 0 Å². The first-order chi connectivity index (χ1) is 11.8. The Hall–Kier alpha value is -2.84. The maximum absolute atomic E-state index is 4.03. The van der Waals surface area contributed by atoms with Crippen molar-refractivity contribution in [1.82, 2.24) is 4.98 Å². The molecule has 0 fully saturated rings. The SMILES string of the molecule is C=Cc1[nH]c2c(c1C=C)c1ccccc1c1sc3ccccc3c21. The molecule has 2 heterocycles. The minimum atomic E-state index is 1.04. The van der Waals surface area contributed by atoms with E-state index in [0.717, 1.165) is 11.3 Å². The summed E-state index contributed by atoms with van der Waals surface area (Å²) in [6.45, 7) is 8.00. The van der Waals surface area contributed by atoms with Crippen molar-refractivity contribution >= 4 is 65.3 Å². The van der Waals surface area contributed by atoms with Gasteiger partial charge in [-0.25, -0.2) is 0 Å². The molecule has 0 amide bonds. The summed E-state index contributed by atoms with van der Waals surface area (Å²) in [6.07, 6.45) is 3.81. The van der Waals surface area contributed by atoms with Crippen molar-refractivity contribution in [1.29, 1.82) is 0 Å². The number of hydrogen-bond donors (Lipinski definition) is 1. The lowest BCUT2D eigenvalue weighted by molar-refractivity contribution is 1.44. The van der Waals surface area contributed by atoms with E-state index in [-0.39, 0.29) is 0 Å². The number of fused-ring (bicyclic) bond motifs is 8. The van der Waals surface area contributed by atoms with Gasteiger partial charge in [0.1, 0.15) is 0 Å². The fraction of sp³-hybridized carbons (Fsp3) is 0. The molecule has 5 aromatic rings. The van der Waals surface area contributed by atoms with Crippen LogP contribution in [0, 0.1) is 0 Å². The van der Waals surface area contributed by atoms with Crippen molar-refractivity contribution < 1.29 is 0 Å². The highest BCUT2D eigenvalue weighted by Gasteiger charge is 2.18. The van der Waals surface area contributed by atoms with E-state index in [0.29, 0.717) is 0 Å². The van der Waals surface area contributed by atoms with Crippen molar-refractivity contribution in [2.24, 2.45) is 0 Å². The van der Waals surface area contributed by atoms with Gasteiger partial charge in [-0.05, 0) is 17.5 Å². The summed E-state index contributed by atoms with van der Waals surface area (Å²) in [4.78, 5) is 3.60. The smallest absolute Gasteiger partial charge is 0.0565 e. The second kappa shape index (κ2) is 4.83. The molecule has 0 radical (unpaired) electrons. The summed E-state index contributed by atoms with van der Waals surface area (Å²) in [7, 11) is 0. The van der Waals surface area contributed by atoms with Gasteiger partial charge in [0, 0.05) is 42.2 Å². The number of thiophene rings is 1. The Labute approximate surface area is 143 Å². The molecular weight excluding hydrogens is 310 g/mol. The average Bonchev–Trinajstić information content (AvgIpc) is 3.19. The summed E-state index contributed by atoms with van der Waals surface area (Å²) in [5, 5.41) is 6.43. The lowest BCUT2D eigenvalue weighted by Crippen LogP contribution is -1.78. The van der Waals surface area contributed by atoms with Crippen LogP contribution in [-0.2, 0) is 0 Å². The van der Waals surface area contributed by atoms with Gasteiger partial charge in [-0.15, -0.1) is 11.3 Å². The molecule has 0 spiro atoms. The van der Waals surface area contributed by atoms with Gasteiger partial charge in [-0.2, -0.15) is 0 Å². The zero-order valence-corrected chi connectivity index (χ0v) is 13.9. The molecule has 2 heteroatoms. The lowest BCUT2D eigenvalue weighted by atomic mass is 9.99. The van der Waals surface area contributed by atoms with Crippen LogP contribution >= 0.6 is 11.3 Å². The molecule has 5 rings (SSSR count). The van der Waals surface area contributed by atoms with E-state index in [1.807, 2.05) is 23.5 Å². The largest absolute Gasteiger partial charge is 0.354 e. The zero-order valence-electron chi connectivity index (χ0n) is 13.1. The predicted molar refractivity (Wildman–Crippen MR) is 109 cm³/mol. The third kappa shape index (κ3) is 1.58. The Balaban J connectivity index is 2.23. The fourth-order valence-electron chi connectivity index (χ4n) is 3.76. The molecular formula is C22H15NS. The third-order valence-electron chi connectivity index (χ3n) is 4.76. The molecule has 0 atom stereocenters. The Bertz CT molecular complexity index is 1280. The number of hydrogen-bond acceptors (Lipinski definition) is 1. The Kier molecular flexibility index (Phi) is 2.73. The van der Waals surface area contributed by atoms with E-state index in [9.17, 15) is 0 Å². The topological polar surface area (TPSA) is 15.8 Å². The quantitative estimate of drug-likeness (QED) is 0.360. The minimum Gasteiger partial charge on any atom is -0.354 e. The van der Waals surface area contributed by atoms with Crippen molar-refractivity contribution in [3.8, 4) is 0 Å². The Morgan fingerprint density at radius 1 is 0.792 bits per heavy atom. The molecule has 0 unspecified atom stereocenters. The minimum absolute atomic E-state index is 1.04. The fourth-order valence-corrected chi connectivity index (χ4v) is 5.01. The molecule has 1 nitrogen and oxygen atoms in total. The van der Waals surface area contributed by atoms with Crippen molar-refractivity contribution in [2.45, 2.75) is 0 Å². The van der Waals surface area contributed by atoms with Crippen LogP contribution in [0.15, 0.2) is 61.7 Å². The lowest BCUT2D eigenvalue weighted by Gasteiger charge is -2.04. The van der Waals surface area contributed by atoms with E-state index in [2.05, 4.69) is 66.7 Å². The zero-order chi connectivity index (χ0) is 16.3. The monoisotopic (exact) mass is 325 g/mol. The van der Waals surface area contributed by atoms with E-state index in [1.165, 1.54) is 41.8 Å². The molecule has 0 saturated heterocycles.